The minimum Gasteiger partial charge on any atom is -0.444 e. The van der Waals surface area contributed by atoms with Gasteiger partial charge in [0.1, 0.15) is 5.60 Å². The summed E-state index contributed by atoms with van der Waals surface area (Å²) in [5, 5.41) is 5.65. The Bertz CT molecular complexity index is 471. The Labute approximate surface area is 140 Å². The first-order valence-corrected chi connectivity index (χ1v) is 8.34. The number of amides is 2. The molecule has 0 aromatic heterocycles. The van der Waals surface area contributed by atoms with Crippen molar-refractivity contribution in [2.24, 2.45) is 17.3 Å². The van der Waals surface area contributed by atoms with Crippen LogP contribution in [0.2, 0.25) is 0 Å². The molecule has 2 unspecified atom stereocenters. The van der Waals surface area contributed by atoms with Crippen LogP contribution < -0.4 is 10.6 Å². The summed E-state index contributed by atoms with van der Waals surface area (Å²) in [4.78, 5) is 23.7. The molecule has 2 N–H and O–H groups in total. The average Bonchev–Trinajstić information content (AvgIpc) is 2.86. The van der Waals surface area contributed by atoms with E-state index in [9.17, 15) is 9.59 Å². The molecule has 0 aliphatic heterocycles. The third kappa shape index (κ3) is 6.24. The van der Waals surface area contributed by atoms with Crippen LogP contribution >= 0.6 is 0 Å². The van der Waals surface area contributed by atoms with Gasteiger partial charge in [-0.05, 0) is 52.4 Å². The second kappa shape index (κ2) is 7.37. The largest absolute Gasteiger partial charge is 0.444 e. The van der Waals surface area contributed by atoms with Gasteiger partial charge in [-0.25, -0.2) is 4.79 Å². The Kier molecular flexibility index (Phi) is 6.25. The van der Waals surface area contributed by atoms with Crippen molar-refractivity contribution in [1.82, 2.24) is 10.6 Å². The van der Waals surface area contributed by atoms with Crippen molar-refractivity contribution < 1.29 is 14.3 Å². The van der Waals surface area contributed by atoms with Crippen molar-refractivity contribution in [3.8, 4) is 0 Å². The molecule has 0 bridgehead atoms. The number of allylic oxidation sites excluding steroid dienone is 2. The van der Waals surface area contributed by atoms with E-state index in [1.165, 1.54) is 5.57 Å². The van der Waals surface area contributed by atoms with E-state index in [2.05, 4.69) is 44.4 Å². The van der Waals surface area contributed by atoms with Crippen molar-refractivity contribution in [2.45, 2.75) is 60.5 Å². The zero-order valence-electron chi connectivity index (χ0n) is 15.6. The lowest BCUT2D eigenvalue weighted by Crippen LogP contribution is -2.35. The normalized spacial score (nSPS) is 22.0. The number of carbonyl (C=O) groups excluding carboxylic acids is 2. The number of alkyl carbamates (subject to hydrolysis) is 1. The van der Waals surface area contributed by atoms with Gasteiger partial charge in [0.05, 0.1) is 5.92 Å². The molecule has 0 radical (unpaired) electrons. The predicted molar refractivity (Wildman–Crippen MR) is 92.1 cm³/mol. The molecule has 2 atom stereocenters. The molecule has 5 nitrogen and oxygen atoms in total. The molecule has 0 aromatic rings. The fraction of sp³-hybridized carbons (Fsp3) is 0.778. The molecule has 1 fully saturated rings. The summed E-state index contributed by atoms with van der Waals surface area (Å²) in [5.41, 5.74) is 0.797. The van der Waals surface area contributed by atoms with Crippen molar-refractivity contribution in [2.75, 3.05) is 13.1 Å². The fourth-order valence-corrected chi connectivity index (χ4v) is 2.76. The van der Waals surface area contributed by atoms with E-state index >= 15 is 0 Å². The van der Waals surface area contributed by atoms with Gasteiger partial charge in [-0.1, -0.05) is 25.5 Å². The van der Waals surface area contributed by atoms with Crippen LogP contribution in [-0.4, -0.2) is 30.7 Å². The fourth-order valence-electron chi connectivity index (χ4n) is 2.76. The molecule has 0 saturated heterocycles. The Morgan fingerprint density at radius 2 is 1.70 bits per heavy atom. The van der Waals surface area contributed by atoms with Crippen LogP contribution in [0.25, 0.3) is 0 Å². The summed E-state index contributed by atoms with van der Waals surface area (Å²) in [5.74, 6) is 0.485. The number of hydrogen-bond acceptors (Lipinski definition) is 3. The van der Waals surface area contributed by atoms with Crippen LogP contribution in [0.5, 0.6) is 0 Å². The number of nitrogens with one attached hydrogen (secondary N) is 2. The van der Waals surface area contributed by atoms with Crippen molar-refractivity contribution in [3.63, 3.8) is 0 Å². The molecule has 1 saturated carbocycles. The van der Waals surface area contributed by atoms with Gasteiger partial charge in [-0.3, -0.25) is 4.79 Å². The van der Waals surface area contributed by atoms with Gasteiger partial charge >= 0.3 is 6.09 Å². The maximum atomic E-state index is 12.2. The Hall–Kier alpha value is -1.52. The highest BCUT2D eigenvalue weighted by molar-refractivity contribution is 5.83. The second-order valence-electron chi connectivity index (χ2n) is 8.14. The first-order valence-electron chi connectivity index (χ1n) is 8.34. The predicted octanol–water partition coefficient (Wildman–Crippen LogP) is 3.26. The highest BCUT2D eigenvalue weighted by Gasteiger charge is 2.60. The molecule has 132 valence electrons. The van der Waals surface area contributed by atoms with E-state index in [1.54, 1.807) is 0 Å². The standard InChI is InChI=1S/C18H32N2O3/c1-12(2)11-13-14(18(13,6)7)15(21)19-9-8-10-20-16(22)23-17(3,4)5/h11,13-14H,8-10H2,1-7H3,(H,19,21)(H,20,22). The maximum absolute atomic E-state index is 12.2. The molecule has 0 spiro atoms. The summed E-state index contributed by atoms with van der Waals surface area (Å²) in [6, 6.07) is 0. The highest BCUT2D eigenvalue weighted by Crippen LogP contribution is 2.59. The van der Waals surface area contributed by atoms with E-state index in [0.29, 0.717) is 25.4 Å². The number of hydrogen-bond donors (Lipinski definition) is 2. The Morgan fingerprint density at radius 1 is 1.13 bits per heavy atom. The third-order valence-corrected chi connectivity index (χ3v) is 4.03. The lowest BCUT2D eigenvalue weighted by atomic mass is 10.1. The molecular weight excluding hydrogens is 292 g/mol. The number of carbonyl (C=O) groups is 2. The summed E-state index contributed by atoms with van der Waals surface area (Å²) in [7, 11) is 0. The third-order valence-electron chi connectivity index (χ3n) is 4.03. The van der Waals surface area contributed by atoms with Gasteiger partial charge in [-0.15, -0.1) is 0 Å². The molecule has 0 aromatic carbocycles. The smallest absolute Gasteiger partial charge is 0.407 e. The quantitative estimate of drug-likeness (QED) is 0.582. The van der Waals surface area contributed by atoms with E-state index in [1.807, 2.05) is 20.8 Å². The Balaban J connectivity index is 2.23. The van der Waals surface area contributed by atoms with Crippen LogP contribution in [0.15, 0.2) is 11.6 Å². The van der Waals surface area contributed by atoms with Crippen molar-refractivity contribution in [3.05, 3.63) is 11.6 Å². The average molecular weight is 324 g/mol. The van der Waals surface area contributed by atoms with Crippen LogP contribution in [-0.2, 0) is 9.53 Å². The molecule has 1 aliphatic rings. The van der Waals surface area contributed by atoms with E-state index in [4.69, 9.17) is 4.74 Å². The van der Waals surface area contributed by atoms with Gasteiger partial charge in [-0.2, -0.15) is 0 Å². The summed E-state index contributed by atoms with van der Waals surface area (Å²) < 4.78 is 5.15. The second-order valence-corrected chi connectivity index (χ2v) is 8.14. The molecular formula is C18H32N2O3. The molecule has 1 rings (SSSR count). The van der Waals surface area contributed by atoms with Gasteiger partial charge in [0.25, 0.3) is 0 Å². The highest BCUT2D eigenvalue weighted by atomic mass is 16.6. The van der Waals surface area contributed by atoms with E-state index in [-0.39, 0.29) is 17.2 Å². The maximum Gasteiger partial charge on any atom is 0.407 e. The number of rotatable bonds is 6. The van der Waals surface area contributed by atoms with Gasteiger partial charge < -0.3 is 15.4 Å². The number of ether oxygens (including phenoxy) is 1. The minimum atomic E-state index is -0.490. The van der Waals surface area contributed by atoms with Crippen molar-refractivity contribution >= 4 is 12.0 Å². The summed E-state index contributed by atoms with van der Waals surface area (Å²) in [6.45, 7) is 14.9. The van der Waals surface area contributed by atoms with E-state index in [0.717, 1.165) is 0 Å². The Morgan fingerprint density at radius 3 is 2.22 bits per heavy atom. The molecule has 2 amide bonds. The first kappa shape index (κ1) is 19.5. The lowest BCUT2D eigenvalue weighted by molar-refractivity contribution is -0.123. The summed E-state index contributed by atoms with van der Waals surface area (Å²) >= 11 is 0. The van der Waals surface area contributed by atoms with Gasteiger partial charge in [0.15, 0.2) is 0 Å². The molecule has 23 heavy (non-hydrogen) atoms. The topological polar surface area (TPSA) is 67.4 Å². The summed E-state index contributed by atoms with van der Waals surface area (Å²) in [6.07, 6.45) is 2.45. The molecule has 0 heterocycles. The minimum absolute atomic E-state index is 0.0378. The van der Waals surface area contributed by atoms with Gasteiger partial charge in [0.2, 0.25) is 5.91 Å². The monoisotopic (exact) mass is 324 g/mol. The van der Waals surface area contributed by atoms with Crippen LogP contribution in [0.3, 0.4) is 0 Å². The van der Waals surface area contributed by atoms with E-state index < -0.39 is 11.7 Å². The van der Waals surface area contributed by atoms with Crippen LogP contribution in [0.4, 0.5) is 4.79 Å². The first-order chi connectivity index (χ1) is 10.4. The van der Waals surface area contributed by atoms with Crippen LogP contribution in [0, 0.1) is 17.3 Å². The zero-order chi connectivity index (χ0) is 17.8. The SMILES string of the molecule is CC(C)=CC1C(C(=O)NCCCNC(=O)OC(C)(C)C)C1(C)C. The van der Waals surface area contributed by atoms with Gasteiger partial charge in [0, 0.05) is 13.1 Å². The molecule has 1 aliphatic carbocycles. The molecule has 5 heteroatoms. The van der Waals surface area contributed by atoms with Crippen molar-refractivity contribution in [1.29, 1.82) is 0 Å². The lowest BCUT2D eigenvalue weighted by Gasteiger charge is -2.19. The zero-order valence-corrected chi connectivity index (χ0v) is 15.6. The van der Waals surface area contributed by atoms with Crippen LogP contribution in [0.1, 0.15) is 54.9 Å².